The fourth-order valence-electron chi connectivity index (χ4n) is 3.30. The highest BCUT2D eigenvalue weighted by molar-refractivity contribution is 6.02. The van der Waals surface area contributed by atoms with Gasteiger partial charge in [-0.3, -0.25) is 9.69 Å². The molecule has 2 aromatic carbocycles. The lowest BCUT2D eigenvalue weighted by molar-refractivity contribution is -0.389. The molecule has 0 aliphatic carbocycles. The van der Waals surface area contributed by atoms with Crippen molar-refractivity contribution in [3.63, 3.8) is 0 Å². The van der Waals surface area contributed by atoms with Gasteiger partial charge in [0.15, 0.2) is 0 Å². The predicted octanol–water partition coefficient (Wildman–Crippen LogP) is 3.25. The minimum Gasteiger partial charge on any atom is -0.358 e. The summed E-state index contributed by atoms with van der Waals surface area (Å²) in [5.41, 5.74) is 3.93. The Labute approximate surface area is 149 Å². The number of anilines is 2. The molecule has 0 N–H and O–H groups in total. The molecule has 0 atom stereocenters. The van der Waals surface area contributed by atoms with Crippen LogP contribution in [0.3, 0.4) is 0 Å². The van der Waals surface area contributed by atoms with Gasteiger partial charge in [0.05, 0.1) is 11.4 Å². The first kappa shape index (κ1) is 16.0. The highest BCUT2D eigenvalue weighted by atomic mass is 16.6. The number of rotatable bonds is 3. The number of nitro groups is 1. The molecule has 0 saturated heterocycles. The summed E-state index contributed by atoms with van der Waals surface area (Å²) in [7, 11) is 0. The fourth-order valence-corrected chi connectivity index (χ4v) is 3.30. The molecule has 1 aliphatic heterocycles. The molecule has 3 aromatic rings. The molecule has 0 spiro atoms. The van der Waals surface area contributed by atoms with E-state index < -0.39 is 4.92 Å². The Morgan fingerprint density at radius 1 is 1.04 bits per heavy atom. The van der Waals surface area contributed by atoms with Gasteiger partial charge in [-0.05, 0) is 46.0 Å². The second kappa shape index (κ2) is 6.44. The van der Waals surface area contributed by atoms with Crippen LogP contribution in [-0.4, -0.2) is 20.4 Å². The molecule has 2 heterocycles. The van der Waals surface area contributed by atoms with Crippen LogP contribution in [0.4, 0.5) is 17.2 Å². The molecule has 1 aromatic heterocycles. The standard InChI is InChI=1S/C19H16N4O3/c24-19(12-21-11-18(20-13-21)23(25)26)22-16-7-3-1-5-14(16)9-10-15-6-2-4-8-17(15)22/h1-8,11,13H,9-10,12H2. The van der Waals surface area contributed by atoms with Gasteiger partial charge in [-0.2, -0.15) is 0 Å². The van der Waals surface area contributed by atoms with Crippen molar-refractivity contribution in [2.75, 3.05) is 4.90 Å². The topological polar surface area (TPSA) is 81.3 Å². The second-order valence-electron chi connectivity index (χ2n) is 6.15. The molecular weight excluding hydrogens is 332 g/mol. The zero-order valence-electron chi connectivity index (χ0n) is 13.9. The Morgan fingerprint density at radius 3 is 2.15 bits per heavy atom. The van der Waals surface area contributed by atoms with Crippen molar-refractivity contribution in [1.29, 1.82) is 0 Å². The number of amides is 1. The van der Waals surface area contributed by atoms with Gasteiger partial charge in [0.25, 0.3) is 5.91 Å². The number of carbonyl (C=O) groups is 1. The summed E-state index contributed by atoms with van der Waals surface area (Å²) in [6.45, 7) is -0.0243. The van der Waals surface area contributed by atoms with Crippen molar-refractivity contribution in [1.82, 2.24) is 9.55 Å². The number of nitrogens with zero attached hydrogens (tertiary/aromatic N) is 4. The summed E-state index contributed by atoms with van der Waals surface area (Å²) in [6, 6.07) is 15.7. The third-order valence-corrected chi connectivity index (χ3v) is 4.50. The van der Waals surface area contributed by atoms with Crippen molar-refractivity contribution in [3.05, 3.63) is 82.3 Å². The summed E-state index contributed by atoms with van der Waals surface area (Å²) in [6.07, 6.45) is 4.29. The molecule has 26 heavy (non-hydrogen) atoms. The van der Waals surface area contributed by atoms with E-state index in [-0.39, 0.29) is 18.3 Å². The summed E-state index contributed by atoms with van der Waals surface area (Å²) in [5, 5.41) is 10.8. The molecule has 7 nitrogen and oxygen atoms in total. The van der Waals surface area contributed by atoms with Crippen LogP contribution >= 0.6 is 0 Å². The number of carbonyl (C=O) groups excluding carboxylic acids is 1. The van der Waals surface area contributed by atoms with Crippen molar-refractivity contribution < 1.29 is 9.72 Å². The number of hydrogen-bond donors (Lipinski definition) is 0. The summed E-state index contributed by atoms with van der Waals surface area (Å²) in [5.74, 6) is -0.437. The third-order valence-electron chi connectivity index (χ3n) is 4.50. The predicted molar refractivity (Wildman–Crippen MR) is 96.3 cm³/mol. The van der Waals surface area contributed by atoms with Crippen molar-refractivity contribution in [2.45, 2.75) is 19.4 Å². The minimum absolute atomic E-state index is 0.0243. The van der Waals surface area contributed by atoms with Crippen LogP contribution in [0.2, 0.25) is 0 Å². The van der Waals surface area contributed by atoms with Crippen LogP contribution in [-0.2, 0) is 24.2 Å². The Bertz CT molecular complexity index is 948. The SMILES string of the molecule is O=C(Cn1cnc([N+](=O)[O-])c1)N1c2ccccc2CCc2ccccc21. The van der Waals surface area contributed by atoms with E-state index in [2.05, 4.69) is 4.98 Å². The quantitative estimate of drug-likeness (QED) is 0.537. The summed E-state index contributed by atoms with van der Waals surface area (Å²) in [4.78, 5) is 28.8. The molecule has 0 saturated carbocycles. The van der Waals surface area contributed by atoms with Gasteiger partial charge in [-0.15, -0.1) is 0 Å². The lowest BCUT2D eigenvalue weighted by Crippen LogP contribution is -2.30. The molecule has 1 amide bonds. The van der Waals surface area contributed by atoms with E-state index >= 15 is 0 Å². The number of para-hydroxylation sites is 2. The smallest absolute Gasteiger partial charge is 0.358 e. The Morgan fingerprint density at radius 2 is 1.62 bits per heavy atom. The lowest BCUT2D eigenvalue weighted by atomic mass is 10.0. The van der Waals surface area contributed by atoms with Crippen LogP contribution in [0.5, 0.6) is 0 Å². The van der Waals surface area contributed by atoms with Crippen molar-refractivity contribution in [2.24, 2.45) is 0 Å². The van der Waals surface area contributed by atoms with E-state index in [1.165, 1.54) is 17.1 Å². The monoisotopic (exact) mass is 348 g/mol. The van der Waals surface area contributed by atoms with Gasteiger partial charge in [-0.25, -0.2) is 0 Å². The molecule has 4 rings (SSSR count). The van der Waals surface area contributed by atoms with Gasteiger partial charge in [0.2, 0.25) is 6.33 Å². The maximum absolute atomic E-state index is 13.1. The van der Waals surface area contributed by atoms with Gasteiger partial charge < -0.3 is 14.7 Å². The van der Waals surface area contributed by atoms with Crippen molar-refractivity contribution in [3.8, 4) is 0 Å². The first-order chi connectivity index (χ1) is 12.6. The van der Waals surface area contributed by atoms with Crippen molar-refractivity contribution >= 4 is 23.1 Å². The zero-order chi connectivity index (χ0) is 18.1. The molecule has 0 radical (unpaired) electrons. The Balaban J connectivity index is 1.74. The molecule has 0 bridgehead atoms. The maximum atomic E-state index is 13.1. The fraction of sp³-hybridized carbons (Fsp3) is 0.158. The zero-order valence-corrected chi connectivity index (χ0v) is 13.9. The van der Waals surface area contributed by atoms with Crippen LogP contribution in [0, 0.1) is 10.1 Å². The number of aryl methyl sites for hydroxylation is 2. The van der Waals surface area contributed by atoms with E-state index in [4.69, 9.17) is 0 Å². The number of fused-ring (bicyclic) bond motifs is 2. The van der Waals surface area contributed by atoms with E-state index in [0.717, 1.165) is 35.3 Å². The minimum atomic E-state index is -0.572. The summed E-state index contributed by atoms with van der Waals surface area (Å²) < 4.78 is 1.44. The normalized spacial score (nSPS) is 12.8. The van der Waals surface area contributed by atoms with E-state index in [9.17, 15) is 14.9 Å². The molecular formula is C19H16N4O3. The van der Waals surface area contributed by atoms with Gasteiger partial charge in [-0.1, -0.05) is 36.4 Å². The number of benzene rings is 2. The highest BCUT2D eigenvalue weighted by Gasteiger charge is 2.26. The third kappa shape index (κ3) is 2.83. The van der Waals surface area contributed by atoms with Crippen LogP contribution in [0.15, 0.2) is 61.1 Å². The van der Waals surface area contributed by atoms with E-state index in [1.54, 1.807) is 4.90 Å². The molecule has 0 unspecified atom stereocenters. The largest absolute Gasteiger partial charge is 0.381 e. The average Bonchev–Trinajstić information content (AvgIpc) is 3.04. The van der Waals surface area contributed by atoms with Gasteiger partial charge >= 0.3 is 5.82 Å². The Kier molecular flexibility index (Phi) is 3.96. The average molecular weight is 348 g/mol. The van der Waals surface area contributed by atoms with E-state index in [1.807, 2.05) is 48.5 Å². The first-order valence-corrected chi connectivity index (χ1v) is 8.28. The number of imidazole rings is 1. The Hall–Kier alpha value is -3.48. The van der Waals surface area contributed by atoms with Crippen LogP contribution in [0.25, 0.3) is 0 Å². The molecule has 130 valence electrons. The van der Waals surface area contributed by atoms with Crippen LogP contribution in [0.1, 0.15) is 11.1 Å². The lowest BCUT2D eigenvalue weighted by Gasteiger charge is -2.25. The number of hydrogen-bond acceptors (Lipinski definition) is 4. The molecule has 1 aliphatic rings. The second-order valence-corrected chi connectivity index (χ2v) is 6.15. The molecule has 0 fully saturated rings. The van der Waals surface area contributed by atoms with Gasteiger partial charge in [0.1, 0.15) is 12.7 Å². The van der Waals surface area contributed by atoms with Crippen LogP contribution < -0.4 is 4.90 Å². The van der Waals surface area contributed by atoms with E-state index in [0.29, 0.717) is 0 Å². The molecule has 7 heteroatoms. The first-order valence-electron chi connectivity index (χ1n) is 8.28. The summed E-state index contributed by atoms with van der Waals surface area (Å²) >= 11 is 0. The maximum Gasteiger partial charge on any atom is 0.381 e. The highest BCUT2D eigenvalue weighted by Crippen LogP contribution is 2.36. The van der Waals surface area contributed by atoms with Gasteiger partial charge in [0, 0.05) is 0 Å². The number of aromatic nitrogens is 2.